The average Bonchev–Trinajstić information content (AvgIpc) is 2.41. The van der Waals surface area contributed by atoms with Gasteiger partial charge in [0, 0.05) is 29.5 Å². The zero-order valence-corrected chi connectivity index (χ0v) is 13.1. The zero-order chi connectivity index (χ0) is 14.6. The molecular formula is C13H13BrN2O3S. The molecule has 0 radical (unpaired) electrons. The maximum Gasteiger partial charge on any atom is 0.263 e. The lowest BCUT2D eigenvalue weighted by molar-refractivity contribution is 0.185. The summed E-state index contributed by atoms with van der Waals surface area (Å²) in [7, 11) is -2.12. The molecule has 106 valence electrons. The van der Waals surface area contributed by atoms with Crippen molar-refractivity contribution in [2.45, 2.75) is 11.5 Å². The highest BCUT2D eigenvalue weighted by atomic mass is 79.9. The van der Waals surface area contributed by atoms with Crippen molar-refractivity contribution in [2.75, 3.05) is 11.8 Å². The average molecular weight is 357 g/mol. The van der Waals surface area contributed by atoms with Crippen LogP contribution >= 0.6 is 15.9 Å². The minimum atomic E-state index is -3.67. The van der Waals surface area contributed by atoms with E-state index in [1.807, 2.05) is 6.07 Å². The van der Waals surface area contributed by atoms with E-state index in [1.165, 1.54) is 18.5 Å². The van der Waals surface area contributed by atoms with Crippen molar-refractivity contribution >= 4 is 31.6 Å². The van der Waals surface area contributed by atoms with Crippen LogP contribution < -0.4 is 4.72 Å². The summed E-state index contributed by atoms with van der Waals surface area (Å²) in [6.07, 6.45) is 2.82. The molecule has 0 amide bonds. The smallest absolute Gasteiger partial charge is 0.263 e. The monoisotopic (exact) mass is 356 g/mol. The highest BCUT2D eigenvalue weighted by Gasteiger charge is 2.16. The second-order valence-corrected chi connectivity index (χ2v) is 6.63. The van der Waals surface area contributed by atoms with Crippen molar-refractivity contribution in [1.29, 1.82) is 0 Å². The first-order valence-corrected chi connectivity index (χ1v) is 8.01. The van der Waals surface area contributed by atoms with Crippen LogP contribution in [-0.4, -0.2) is 20.5 Å². The molecule has 20 heavy (non-hydrogen) atoms. The molecule has 0 spiro atoms. The lowest BCUT2D eigenvalue weighted by Crippen LogP contribution is -2.14. The van der Waals surface area contributed by atoms with Gasteiger partial charge in [-0.3, -0.25) is 9.71 Å². The molecular weight excluding hydrogens is 344 g/mol. The van der Waals surface area contributed by atoms with Gasteiger partial charge in [0.1, 0.15) is 4.90 Å². The summed E-state index contributed by atoms with van der Waals surface area (Å²) in [5.41, 5.74) is 1.26. The Bertz CT molecular complexity index is 704. The van der Waals surface area contributed by atoms with Gasteiger partial charge in [-0.15, -0.1) is 0 Å². The van der Waals surface area contributed by atoms with Gasteiger partial charge in [0.15, 0.2) is 0 Å². The number of hydrogen-bond donors (Lipinski definition) is 1. The van der Waals surface area contributed by atoms with Gasteiger partial charge in [-0.05, 0) is 28.1 Å². The van der Waals surface area contributed by atoms with Gasteiger partial charge in [0.2, 0.25) is 0 Å². The summed E-state index contributed by atoms with van der Waals surface area (Å²) in [4.78, 5) is 3.96. The number of pyridine rings is 1. The Balaban J connectivity index is 2.34. The maximum atomic E-state index is 12.3. The normalized spacial score (nSPS) is 11.3. The number of benzene rings is 1. The first-order valence-electron chi connectivity index (χ1n) is 5.73. The Morgan fingerprint density at radius 3 is 2.75 bits per heavy atom. The third-order valence-electron chi connectivity index (χ3n) is 2.55. The van der Waals surface area contributed by atoms with Crippen molar-refractivity contribution in [3.05, 3.63) is 52.8 Å². The number of sulfonamides is 1. The fraction of sp³-hybridized carbons (Fsp3) is 0.154. The molecule has 0 saturated carbocycles. The topological polar surface area (TPSA) is 68.3 Å². The highest BCUT2D eigenvalue weighted by Crippen LogP contribution is 2.21. The minimum Gasteiger partial charge on any atom is -0.380 e. The van der Waals surface area contributed by atoms with E-state index in [0.717, 1.165) is 5.56 Å². The van der Waals surface area contributed by atoms with Gasteiger partial charge in [0.05, 0.1) is 12.3 Å². The van der Waals surface area contributed by atoms with Crippen LogP contribution in [-0.2, 0) is 21.4 Å². The van der Waals surface area contributed by atoms with Gasteiger partial charge in [-0.1, -0.05) is 18.2 Å². The Hall–Kier alpha value is -1.44. The van der Waals surface area contributed by atoms with Gasteiger partial charge < -0.3 is 4.74 Å². The van der Waals surface area contributed by atoms with Crippen LogP contribution in [0.4, 0.5) is 5.69 Å². The Kier molecular flexibility index (Phi) is 4.74. The van der Waals surface area contributed by atoms with Crippen molar-refractivity contribution in [3.63, 3.8) is 0 Å². The van der Waals surface area contributed by atoms with Gasteiger partial charge in [-0.25, -0.2) is 8.42 Å². The molecule has 1 aromatic carbocycles. The first kappa shape index (κ1) is 15.0. The Morgan fingerprint density at radius 2 is 2.05 bits per heavy atom. The first-order chi connectivity index (χ1) is 9.53. The number of halogens is 1. The number of aromatic nitrogens is 1. The molecule has 1 aromatic heterocycles. The van der Waals surface area contributed by atoms with Crippen LogP contribution in [0.2, 0.25) is 0 Å². The highest BCUT2D eigenvalue weighted by molar-refractivity contribution is 9.10. The fourth-order valence-corrected chi connectivity index (χ4v) is 3.25. The second-order valence-electron chi connectivity index (χ2n) is 4.03. The van der Waals surface area contributed by atoms with Crippen LogP contribution in [0, 0.1) is 0 Å². The van der Waals surface area contributed by atoms with Crippen LogP contribution in [0.15, 0.2) is 52.1 Å². The predicted octanol–water partition coefficient (Wildman–Crippen LogP) is 2.79. The van der Waals surface area contributed by atoms with Gasteiger partial charge in [-0.2, -0.15) is 0 Å². The number of hydrogen-bond acceptors (Lipinski definition) is 4. The third kappa shape index (κ3) is 3.56. The molecule has 0 aliphatic heterocycles. The number of rotatable bonds is 5. The van der Waals surface area contributed by atoms with Crippen LogP contribution in [0.3, 0.4) is 0 Å². The third-order valence-corrected chi connectivity index (χ3v) is 4.32. The van der Waals surface area contributed by atoms with Gasteiger partial charge in [0.25, 0.3) is 10.0 Å². The van der Waals surface area contributed by atoms with E-state index in [4.69, 9.17) is 4.74 Å². The molecule has 0 atom stereocenters. The van der Waals surface area contributed by atoms with Gasteiger partial charge >= 0.3 is 0 Å². The van der Waals surface area contributed by atoms with Crippen molar-refractivity contribution in [1.82, 2.24) is 4.98 Å². The largest absolute Gasteiger partial charge is 0.380 e. The Labute approximate surface area is 126 Å². The fourth-order valence-electron chi connectivity index (χ4n) is 1.64. The molecule has 0 bridgehead atoms. The zero-order valence-electron chi connectivity index (χ0n) is 10.7. The molecule has 1 heterocycles. The summed E-state index contributed by atoms with van der Waals surface area (Å²) in [5.74, 6) is 0. The summed E-state index contributed by atoms with van der Waals surface area (Å²) in [6, 6.07) is 8.58. The molecule has 5 nitrogen and oxygen atoms in total. The number of ether oxygens (including phenoxy) is 1. The maximum absolute atomic E-state index is 12.3. The summed E-state index contributed by atoms with van der Waals surface area (Å²) in [6.45, 7) is 0.329. The molecule has 0 saturated heterocycles. The molecule has 1 N–H and O–H groups in total. The van der Waals surface area contributed by atoms with E-state index in [9.17, 15) is 8.42 Å². The summed E-state index contributed by atoms with van der Waals surface area (Å²) >= 11 is 3.20. The molecule has 0 unspecified atom stereocenters. The van der Waals surface area contributed by atoms with Crippen molar-refractivity contribution in [3.8, 4) is 0 Å². The van der Waals surface area contributed by atoms with E-state index in [1.54, 1.807) is 25.3 Å². The molecule has 7 heteroatoms. The lowest BCUT2D eigenvalue weighted by atomic mass is 10.2. The molecule has 0 aliphatic rings. The van der Waals surface area contributed by atoms with E-state index in [2.05, 4.69) is 25.6 Å². The van der Waals surface area contributed by atoms with Crippen molar-refractivity contribution in [2.24, 2.45) is 0 Å². The van der Waals surface area contributed by atoms with E-state index >= 15 is 0 Å². The molecule has 0 fully saturated rings. The second kappa shape index (κ2) is 6.34. The number of anilines is 1. The number of nitrogens with one attached hydrogen (secondary N) is 1. The Morgan fingerprint density at radius 1 is 1.30 bits per heavy atom. The number of para-hydroxylation sites is 1. The SMILES string of the molecule is COCc1ccccc1NS(=O)(=O)c1cncc(Br)c1. The van der Waals surface area contributed by atoms with E-state index < -0.39 is 10.0 Å². The molecule has 0 aliphatic carbocycles. The summed E-state index contributed by atoms with van der Waals surface area (Å²) in [5, 5.41) is 0. The summed E-state index contributed by atoms with van der Waals surface area (Å²) < 4.78 is 32.8. The van der Waals surface area contributed by atoms with Crippen LogP contribution in [0.25, 0.3) is 0 Å². The van der Waals surface area contributed by atoms with Crippen LogP contribution in [0.5, 0.6) is 0 Å². The van der Waals surface area contributed by atoms with E-state index in [-0.39, 0.29) is 4.90 Å². The van der Waals surface area contributed by atoms with Crippen LogP contribution in [0.1, 0.15) is 5.56 Å². The lowest BCUT2D eigenvalue weighted by Gasteiger charge is -2.12. The minimum absolute atomic E-state index is 0.0964. The standard InChI is InChI=1S/C13H13BrN2O3S/c1-19-9-10-4-2-3-5-13(10)16-20(17,18)12-6-11(14)7-15-8-12/h2-8,16H,9H2,1H3. The molecule has 2 aromatic rings. The predicted molar refractivity (Wildman–Crippen MR) is 79.9 cm³/mol. The quantitative estimate of drug-likeness (QED) is 0.894. The number of methoxy groups -OCH3 is 1. The molecule has 2 rings (SSSR count). The van der Waals surface area contributed by atoms with Crippen molar-refractivity contribution < 1.29 is 13.2 Å². The van der Waals surface area contributed by atoms with E-state index in [0.29, 0.717) is 16.8 Å². The number of nitrogens with zero attached hydrogens (tertiary/aromatic N) is 1.